The van der Waals surface area contributed by atoms with Crippen molar-refractivity contribution in [1.82, 2.24) is 5.32 Å². The van der Waals surface area contributed by atoms with Crippen molar-refractivity contribution in [1.29, 1.82) is 0 Å². The highest BCUT2D eigenvalue weighted by Crippen LogP contribution is 2.40. The maximum Gasteiger partial charge on any atom is 0.122 e. The van der Waals surface area contributed by atoms with Crippen molar-refractivity contribution >= 4 is 0 Å². The van der Waals surface area contributed by atoms with Crippen LogP contribution in [0.5, 0.6) is 5.75 Å². The number of rotatable bonds is 5. The molecule has 0 radical (unpaired) electrons. The van der Waals surface area contributed by atoms with E-state index in [0.717, 1.165) is 18.7 Å². The minimum atomic E-state index is 0.623. The van der Waals surface area contributed by atoms with E-state index >= 15 is 0 Å². The molecule has 0 saturated heterocycles. The summed E-state index contributed by atoms with van der Waals surface area (Å²) in [6.07, 6.45) is 8.41. The summed E-state index contributed by atoms with van der Waals surface area (Å²) in [4.78, 5) is 0. The Bertz CT molecular complexity index is 402. The highest BCUT2D eigenvalue weighted by Gasteiger charge is 2.31. The number of benzene rings is 1. The average Bonchev–Trinajstić information content (AvgIpc) is 2.32. The van der Waals surface area contributed by atoms with Gasteiger partial charge in [0.15, 0.2) is 0 Å². The van der Waals surface area contributed by atoms with Crippen LogP contribution in [0.25, 0.3) is 0 Å². The molecule has 0 amide bonds. The number of para-hydroxylation sites is 1. The van der Waals surface area contributed by atoms with E-state index in [-0.39, 0.29) is 0 Å². The summed E-state index contributed by atoms with van der Waals surface area (Å²) in [5, 5.41) is 3.47. The van der Waals surface area contributed by atoms with Crippen LogP contribution in [0.2, 0.25) is 0 Å². The maximum absolute atomic E-state index is 5.39. The van der Waals surface area contributed by atoms with Crippen LogP contribution in [0.15, 0.2) is 24.3 Å². The highest BCUT2D eigenvalue weighted by molar-refractivity contribution is 5.37. The van der Waals surface area contributed by atoms with E-state index < -0.39 is 0 Å². The molecule has 1 aromatic rings. The van der Waals surface area contributed by atoms with Gasteiger partial charge in [0.1, 0.15) is 5.75 Å². The number of terminal acetylenes is 1. The molecule has 2 nitrogen and oxygen atoms in total. The van der Waals surface area contributed by atoms with Gasteiger partial charge in [0.05, 0.1) is 7.11 Å². The molecule has 1 aliphatic carbocycles. The second kappa shape index (κ2) is 5.75. The molecular formula is C15H19NO. The summed E-state index contributed by atoms with van der Waals surface area (Å²) >= 11 is 0. The van der Waals surface area contributed by atoms with Crippen molar-refractivity contribution in [2.24, 2.45) is 0 Å². The van der Waals surface area contributed by atoms with Gasteiger partial charge in [-0.3, -0.25) is 0 Å². The van der Waals surface area contributed by atoms with Gasteiger partial charge in [0.2, 0.25) is 0 Å². The molecule has 0 unspecified atom stereocenters. The van der Waals surface area contributed by atoms with Gasteiger partial charge >= 0.3 is 0 Å². The Balaban J connectivity index is 1.85. The predicted octanol–water partition coefficient (Wildman–Crippen LogP) is 2.55. The van der Waals surface area contributed by atoms with Crippen LogP contribution in [-0.2, 0) is 0 Å². The molecule has 1 fully saturated rings. The lowest BCUT2D eigenvalue weighted by Crippen LogP contribution is -2.40. The molecule has 2 heteroatoms. The van der Waals surface area contributed by atoms with E-state index in [4.69, 9.17) is 11.2 Å². The summed E-state index contributed by atoms with van der Waals surface area (Å²) in [5.41, 5.74) is 1.34. The highest BCUT2D eigenvalue weighted by atomic mass is 16.5. The monoisotopic (exact) mass is 229 g/mol. The van der Waals surface area contributed by atoms with Gasteiger partial charge in [-0.05, 0) is 30.4 Å². The van der Waals surface area contributed by atoms with Gasteiger partial charge < -0.3 is 10.1 Å². The Morgan fingerprint density at radius 1 is 1.41 bits per heavy atom. The first-order valence-electron chi connectivity index (χ1n) is 6.15. The van der Waals surface area contributed by atoms with E-state index in [1.165, 1.54) is 18.4 Å². The molecule has 0 atom stereocenters. The Morgan fingerprint density at radius 3 is 2.88 bits per heavy atom. The molecule has 1 saturated carbocycles. The van der Waals surface area contributed by atoms with E-state index in [0.29, 0.717) is 12.0 Å². The Hall–Kier alpha value is -1.46. The van der Waals surface area contributed by atoms with Crippen LogP contribution in [0, 0.1) is 12.3 Å². The third-order valence-corrected chi connectivity index (χ3v) is 3.42. The molecule has 0 aliphatic heterocycles. The van der Waals surface area contributed by atoms with E-state index in [9.17, 15) is 0 Å². The molecule has 0 heterocycles. The quantitative estimate of drug-likeness (QED) is 0.619. The fourth-order valence-electron chi connectivity index (χ4n) is 2.39. The van der Waals surface area contributed by atoms with Crippen LogP contribution >= 0.6 is 0 Å². The Morgan fingerprint density at radius 2 is 2.18 bits per heavy atom. The lowest BCUT2D eigenvalue weighted by Gasteiger charge is -2.36. The first-order valence-corrected chi connectivity index (χ1v) is 6.15. The number of hydrogen-bond donors (Lipinski definition) is 1. The zero-order valence-corrected chi connectivity index (χ0v) is 10.3. The fraction of sp³-hybridized carbons (Fsp3) is 0.467. The first-order chi connectivity index (χ1) is 8.35. The van der Waals surface area contributed by atoms with E-state index in [1.807, 2.05) is 12.1 Å². The van der Waals surface area contributed by atoms with Crippen LogP contribution in [0.1, 0.15) is 30.7 Å². The number of hydrogen-bond acceptors (Lipinski definition) is 2. The van der Waals surface area contributed by atoms with Crippen molar-refractivity contribution < 1.29 is 4.74 Å². The molecule has 0 bridgehead atoms. The van der Waals surface area contributed by atoms with Gasteiger partial charge in [-0.1, -0.05) is 18.2 Å². The van der Waals surface area contributed by atoms with Crippen LogP contribution in [0.3, 0.4) is 0 Å². The average molecular weight is 229 g/mol. The van der Waals surface area contributed by atoms with Gasteiger partial charge in [-0.15, -0.1) is 12.3 Å². The third kappa shape index (κ3) is 2.81. The van der Waals surface area contributed by atoms with Gasteiger partial charge in [-0.2, -0.15) is 0 Å². The summed E-state index contributed by atoms with van der Waals surface area (Å²) in [6.45, 7) is 0.930. The lowest BCUT2D eigenvalue weighted by atomic mass is 9.75. The van der Waals surface area contributed by atoms with Gasteiger partial charge in [0, 0.05) is 19.0 Å². The minimum Gasteiger partial charge on any atom is -0.496 e. The normalized spacial score (nSPS) is 22.6. The van der Waals surface area contributed by atoms with Crippen LogP contribution in [0.4, 0.5) is 0 Å². The van der Waals surface area contributed by atoms with E-state index in [2.05, 4.69) is 23.4 Å². The molecule has 1 aromatic carbocycles. The summed E-state index contributed by atoms with van der Waals surface area (Å²) in [6, 6.07) is 8.93. The summed E-state index contributed by atoms with van der Waals surface area (Å²) in [5.74, 6) is 4.30. The smallest absolute Gasteiger partial charge is 0.122 e. The minimum absolute atomic E-state index is 0.623. The van der Waals surface area contributed by atoms with Crippen molar-refractivity contribution in [3.8, 4) is 18.1 Å². The van der Waals surface area contributed by atoms with E-state index in [1.54, 1.807) is 7.11 Å². The molecular weight excluding hydrogens is 210 g/mol. The zero-order chi connectivity index (χ0) is 12.1. The summed E-state index contributed by atoms with van der Waals surface area (Å²) in [7, 11) is 1.74. The molecule has 17 heavy (non-hydrogen) atoms. The van der Waals surface area contributed by atoms with Crippen molar-refractivity contribution in [3.63, 3.8) is 0 Å². The van der Waals surface area contributed by atoms with Crippen LogP contribution in [-0.4, -0.2) is 19.7 Å². The van der Waals surface area contributed by atoms with Crippen molar-refractivity contribution in [2.75, 3.05) is 13.7 Å². The summed E-state index contributed by atoms with van der Waals surface area (Å²) < 4.78 is 5.39. The molecule has 1 N–H and O–H groups in total. The molecule has 0 spiro atoms. The molecule has 0 aromatic heterocycles. The Kier molecular flexibility index (Phi) is 4.06. The largest absolute Gasteiger partial charge is 0.496 e. The first kappa shape index (κ1) is 12.0. The third-order valence-electron chi connectivity index (χ3n) is 3.42. The molecule has 1 aliphatic rings. The predicted molar refractivity (Wildman–Crippen MR) is 70.2 cm³/mol. The SMILES string of the molecule is C#CCCNC1CC(c2ccccc2OC)C1. The van der Waals surface area contributed by atoms with Gasteiger partial charge in [-0.25, -0.2) is 0 Å². The maximum atomic E-state index is 5.39. The second-order valence-electron chi connectivity index (χ2n) is 4.52. The van der Waals surface area contributed by atoms with Crippen LogP contribution < -0.4 is 10.1 Å². The van der Waals surface area contributed by atoms with Gasteiger partial charge in [0.25, 0.3) is 0 Å². The molecule has 90 valence electrons. The van der Waals surface area contributed by atoms with Crippen molar-refractivity contribution in [3.05, 3.63) is 29.8 Å². The molecule has 2 rings (SSSR count). The number of nitrogens with one attached hydrogen (secondary N) is 1. The number of methoxy groups -OCH3 is 1. The number of ether oxygens (including phenoxy) is 1. The second-order valence-corrected chi connectivity index (χ2v) is 4.52. The fourth-order valence-corrected chi connectivity index (χ4v) is 2.39. The van der Waals surface area contributed by atoms with Crippen molar-refractivity contribution in [2.45, 2.75) is 31.2 Å². The Labute approximate surface area is 103 Å². The topological polar surface area (TPSA) is 21.3 Å². The lowest BCUT2D eigenvalue weighted by molar-refractivity contribution is 0.285. The standard InChI is InChI=1S/C15H19NO/c1-3-4-9-16-13-10-12(11-13)14-7-5-6-8-15(14)17-2/h1,5-8,12-13,16H,4,9-11H2,2H3. The zero-order valence-electron chi connectivity index (χ0n) is 10.3.